The molecule has 6 atom stereocenters. The molecule has 0 amide bonds. The first-order chi connectivity index (χ1) is 17.9. The van der Waals surface area contributed by atoms with Crippen LogP contribution >= 0.6 is 0 Å². The van der Waals surface area contributed by atoms with E-state index >= 15 is 0 Å². The third-order valence-electron chi connectivity index (χ3n) is 10.5. The minimum absolute atomic E-state index is 0.0556. The fourth-order valence-electron chi connectivity index (χ4n) is 7.99. The molecule has 0 aliphatic heterocycles. The Bertz CT molecular complexity index is 890. The van der Waals surface area contributed by atoms with Crippen molar-refractivity contribution < 1.29 is 27.5 Å². The smallest absolute Gasteiger partial charge is 0.416 e. The normalized spacial score (nSPS) is 27.6. The highest BCUT2D eigenvalue weighted by Crippen LogP contribution is 2.59. The number of fused-ring (bicyclic) bond motifs is 1. The Hall–Kier alpha value is -1.34. The Morgan fingerprint density at radius 1 is 1.08 bits per heavy atom. The number of alkyl halides is 3. The summed E-state index contributed by atoms with van der Waals surface area (Å²) < 4.78 is 46.0. The van der Waals surface area contributed by atoms with E-state index < -0.39 is 26.0 Å². The molecule has 7 heteroatoms. The van der Waals surface area contributed by atoms with Gasteiger partial charge in [0.1, 0.15) is 0 Å². The molecule has 0 heterocycles. The zero-order chi connectivity index (χ0) is 28.1. The van der Waals surface area contributed by atoms with E-state index in [1.807, 2.05) is 0 Å². The number of carbonyl (C=O) groups is 1. The summed E-state index contributed by atoms with van der Waals surface area (Å²) in [6.45, 7) is 11.8. The largest absolute Gasteiger partial charge is 0.481 e. The van der Waals surface area contributed by atoms with E-state index in [1.54, 1.807) is 0 Å². The monoisotopic (exact) mass is 554 g/mol. The Labute approximate surface area is 229 Å². The van der Waals surface area contributed by atoms with Gasteiger partial charge in [-0.2, -0.15) is 13.2 Å². The van der Waals surface area contributed by atoms with E-state index in [0.29, 0.717) is 41.3 Å². The van der Waals surface area contributed by atoms with Crippen molar-refractivity contribution in [1.29, 1.82) is 0 Å². The zero-order valence-corrected chi connectivity index (χ0v) is 25.1. The maximum atomic E-state index is 13.0. The Balaban J connectivity index is 1.63. The highest BCUT2D eigenvalue weighted by atomic mass is 28.4. The molecular formula is C31H49F3O3Si. The molecule has 1 aromatic rings. The van der Waals surface area contributed by atoms with E-state index in [4.69, 9.17) is 4.43 Å². The fourth-order valence-corrected chi connectivity index (χ4v) is 10.9. The van der Waals surface area contributed by atoms with Crippen LogP contribution < -0.4 is 0 Å². The molecule has 0 radical (unpaired) electrons. The van der Waals surface area contributed by atoms with Crippen LogP contribution in [0.1, 0.15) is 109 Å². The standard InChI is InChI=1S/C31H49F3O3Si/c1-6-38(7-2,8-3)37-28-13-10-20-30(5)26(18-19-27(28)30)22(4)11-9-12-24(21-29(35)36)23-14-16-25(17-15-23)31(32,33)34/h14-17,22,24,26-28H,6-13,18-21H2,1-5H3,(H,35,36)/t22?,24-,26?,27+,28+,30-/m0/s1. The van der Waals surface area contributed by atoms with Gasteiger partial charge in [-0.25, -0.2) is 0 Å². The fraction of sp³-hybridized carbons (Fsp3) is 0.774. The van der Waals surface area contributed by atoms with E-state index in [-0.39, 0.29) is 12.3 Å². The van der Waals surface area contributed by atoms with Crippen LogP contribution in [-0.4, -0.2) is 25.5 Å². The predicted molar refractivity (Wildman–Crippen MR) is 150 cm³/mol. The van der Waals surface area contributed by atoms with Crippen molar-refractivity contribution in [1.82, 2.24) is 0 Å². The topological polar surface area (TPSA) is 46.5 Å². The number of benzene rings is 1. The van der Waals surface area contributed by atoms with Gasteiger partial charge in [0.25, 0.3) is 0 Å². The summed E-state index contributed by atoms with van der Waals surface area (Å²) in [6.07, 6.45) is 4.71. The van der Waals surface area contributed by atoms with E-state index in [0.717, 1.165) is 25.0 Å². The van der Waals surface area contributed by atoms with Crippen molar-refractivity contribution >= 4 is 14.3 Å². The molecular weight excluding hydrogens is 505 g/mol. The van der Waals surface area contributed by atoms with Crippen molar-refractivity contribution in [2.75, 3.05) is 0 Å². The molecule has 0 spiro atoms. The molecule has 3 rings (SSSR count). The minimum atomic E-state index is -4.39. The number of aliphatic carboxylic acids is 1. The van der Waals surface area contributed by atoms with Gasteiger partial charge in [0.05, 0.1) is 12.0 Å². The summed E-state index contributed by atoms with van der Waals surface area (Å²) in [5.74, 6) is 0.633. The summed E-state index contributed by atoms with van der Waals surface area (Å²) in [5.41, 5.74) is 0.286. The van der Waals surface area contributed by atoms with E-state index in [1.165, 1.54) is 62.4 Å². The minimum Gasteiger partial charge on any atom is -0.481 e. The number of carboxylic acid groups (broad SMARTS) is 1. The van der Waals surface area contributed by atoms with Crippen molar-refractivity contribution in [3.8, 4) is 0 Å². The molecule has 0 saturated heterocycles. The van der Waals surface area contributed by atoms with Crippen LogP contribution in [0.25, 0.3) is 0 Å². The lowest BCUT2D eigenvalue weighted by atomic mass is 9.61. The Morgan fingerprint density at radius 2 is 1.71 bits per heavy atom. The number of rotatable bonds is 13. The van der Waals surface area contributed by atoms with E-state index in [2.05, 4.69) is 34.6 Å². The van der Waals surface area contributed by atoms with Crippen molar-refractivity contribution in [2.45, 2.75) is 129 Å². The van der Waals surface area contributed by atoms with Gasteiger partial charge in [0.15, 0.2) is 8.32 Å². The molecule has 2 aliphatic rings. The Kier molecular flexibility index (Phi) is 10.6. The van der Waals surface area contributed by atoms with E-state index in [9.17, 15) is 23.1 Å². The van der Waals surface area contributed by atoms with Gasteiger partial charge in [-0.1, -0.05) is 66.0 Å². The molecule has 0 aromatic heterocycles. The lowest BCUT2D eigenvalue weighted by molar-refractivity contribution is -0.138. The third kappa shape index (κ3) is 7.04. The predicted octanol–water partition coefficient (Wildman–Crippen LogP) is 9.68. The maximum absolute atomic E-state index is 13.0. The maximum Gasteiger partial charge on any atom is 0.416 e. The molecule has 216 valence electrons. The van der Waals surface area contributed by atoms with Crippen LogP contribution in [0.5, 0.6) is 0 Å². The molecule has 1 N–H and O–H groups in total. The first-order valence-electron chi connectivity index (χ1n) is 15.0. The third-order valence-corrected chi connectivity index (χ3v) is 15.2. The highest BCUT2D eigenvalue weighted by Gasteiger charge is 2.53. The van der Waals surface area contributed by atoms with Gasteiger partial charge in [-0.15, -0.1) is 0 Å². The van der Waals surface area contributed by atoms with Gasteiger partial charge in [0.2, 0.25) is 0 Å². The number of hydrogen-bond donors (Lipinski definition) is 1. The van der Waals surface area contributed by atoms with Gasteiger partial charge < -0.3 is 9.53 Å². The average Bonchev–Trinajstić information content (AvgIpc) is 3.24. The van der Waals surface area contributed by atoms with Gasteiger partial charge >= 0.3 is 12.1 Å². The van der Waals surface area contributed by atoms with Crippen molar-refractivity contribution in [2.24, 2.45) is 23.2 Å². The summed E-state index contributed by atoms with van der Waals surface area (Å²) in [7, 11) is -1.65. The summed E-state index contributed by atoms with van der Waals surface area (Å²) in [5, 5.41) is 9.44. The second kappa shape index (κ2) is 12.9. The first kappa shape index (κ1) is 31.2. The van der Waals surface area contributed by atoms with Crippen LogP contribution in [0, 0.1) is 23.2 Å². The van der Waals surface area contributed by atoms with Crippen LogP contribution in [0.2, 0.25) is 18.1 Å². The molecule has 2 fully saturated rings. The molecule has 3 nitrogen and oxygen atoms in total. The molecule has 0 bridgehead atoms. The quantitative estimate of drug-likeness (QED) is 0.247. The van der Waals surface area contributed by atoms with Gasteiger partial charge in [0, 0.05) is 6.10 Å². The number of carboxylic acids is 1. The van der Waals surface area contributed by atoms with Crippen molar-refractivity contribution in [3.63, 3.8) is 0 Å². The van der Waals surface area contributed by atoms with Crippen LogP contribution in [0.3, 0.4) is 0 Å². The van der Waals surface area contributed by atoms with Crippen LogP contribution in [0.4, 0.5) is 13.2 Å². The number of halogens is 3. The Morgan fingerprint density at radius 3 is 2.26 bits per heavy atom. The molecule has 2 aliphatic carbocycles. The zero-order valence-electron chi connectivity index (χ0n) is 24.1. The SMILES string of the molecule is CC[Si](CC)(CC)O[C@@H]1CCC[C@@]2(C)C(C(C)CCC[C@@H](CC(=O)O)c3ccc(C(F)(F)F)cc3)CC[C@H]12. The highest BCUT2D eigenvalue weighted by molar-refractivity contribution is 6.73. The van der Waals surface area contributed by atoms with Crippen LogP contribution in [-0.2, 0) is 15.4 Å². The second-order valence-electron chi connectivity index (χ2n) is 12.4. The lowest BCUT2D eigenvalue weighted by Gasteiger charge is -2.49. The molecule has 38 heavy (non-hydrogen) atoms. The van der Waals surface area contributed by atoms with Crippen LogP contribution in [0.15, 0.2) is 24.3 Å². The molecule has 1 aromatic carbocycles. The summed E-state index contributed by atoms with van der Waals surface area (Å²) in [6, 6.07) is 8.62. The number of hydrogen-bond acceptors (Lipinski definition) is 2. The second-order valence-corrected chi connectivity index (χ2v) is 17.1. The van der Waals surface area contributed by atoms with Crippen molar-refractivity contribution in [3.05, 3.63) is 35.4 Å². The summed E-state index contributed by atoms with van der Waals surface area (Å²) >= 11 is 0. The first-order valence-corrected chi connectivity index (χ1v) is 17.5. The van der Waals surface area contributed by atoms with Gasteiger partial charge in [-0.05, 0) is 97.0 Å². The van der Waals surface area contributed by atoms with Gasteiger partial charge in [-0.3, -0.25) is 4.79 Å². The summed E-state index contributed by atoms with van der Waals surface area (Å²) in [4.78, 5) is 11.5. The lowest BCUT2D eigenvalue weighted by Crippen LogP contribution is -2.48. The molecule has 2 unspecified atom stereocenters. The molecule has 2 saturated carbocycles. The average molecular weight is 555 g/mol.